The Kier molecular flexibility index (Phi) is 5.01. The van der Waals surface area contributed by atoms with E-state index in [-0.39, 0.29) is 6.04 Å². The van der Waals surface area contributed by atoms with E-state index in [4.69, 9.17) is 0 Å². The third-order valence-corrected chi connectivity index (χ3v) is 5.05. The summed E-state index contributed by atoms with van der Waals surface area (Å²) >= 11 is 0. The first-order valence-corrected chi connectivity index (χ1v) is 8.53. The topological polar surface area (TPSA) is 61.4 Å². The molecule has 1 aromatic rings. The Balaban J connectivity index is 2.09. The van der Waals surface area contributed by atoms with Gasteiger partial charge in [-0.15, -0.1) is 0 Å². The lowest BCUT2D eigenvalue weighted by Crippen LogP contribution is -2.33. The Morgan fingerprint density at radius 3 is 2.55 bits per heavy atom. The van der Waals surface area contributed by atoms with E-state index in [2.05, 4.69) is 21.9 Å². The zero-order chi connectivity index (χ0) is 14.6. The summed E-state index contributed by atoms with van der Waals surface area (Å²) in [6, 6.07) is 7.22. The highest BCUT2D eigenvalue weighted by Gasteiger charge is 2.19. The number of likely N-dealkylation sites (tertiary alicyclic amines) is 1. The Bertz CT molecular complexity index is 539. The van der Waals surface area contributed by atoms with Gasteiger partial charge < -0.3 is 10.2 Å². The minimum atomic E-state index is -3.43. The molecule has 1 atom stereocenters. The maximum absolute atomic E-state index is 12.0. The molecule has 1 fully saturated rings. The van der Waals surface area contributed by atoms with Gasteiger partial charge in [0, 0.05) is 12.6 Å². The molecule has 1 aromatic carbocycles. The molecule has 112 valence electrons. The Hall–Kier alpha value is -1.11. The number of hydrogen-bond donors (Lipinski definition) is 2. The molecule has 0 radical (unpaired) electrons. The molecule has 1 aliphatic rings. The lowest BCUT2D eigenvalue weighted by molar-refractivity contribution is 0.327. The summed E-state index contributed by atoms with van der Waals surface area (Å²) < 4.78 is 26.3. The van der Waals surface area contributed by atoms with E-state index >= 15 is 0 Å². The molecule has 1 aliphatic heterocycles. The van der Waals surface area contributed by atoms with Crippen LogP contribution in [0.3, 0.4) is 0 Å². The van der Waals surface area contributed by atoms with Gasteiger partial charge >= 0.3 is 0 Å². The second-order valence-electron chi connectivity index (χ2n) is 5.26. The molecule has 5 nitrogen and oxygen atoms in total. The van der Waals surface area contributed by atoms with Crippen molar-refractivity contribution in [3.63, 3.8) is 0 Å². The van der Waals surface area contributed by atoms with Crippen LogP contribution in [0, 0.1) is 0 Å². The number of benzene rings is 1. The number of nitrogens with one attached hydrogen (secondary N) is 2. The van der Waals surface area contributed by atoms with Crippen molar-refractivity contribution in [2.24, 2.45) is 0 Å². The van der Waals surface area contributed by atoms with Crippen LogP contribution < -0.4 is 10.0 Å². The van der Waals surface area contributed by atoms with Crippen LogP contribution in [-0.4, -0.2) is 46.0 Å². The van der Waals surface area contributed by atoms with E-state index in [0.29, 0.717) is 10.6 Å². The molecule has 1 heterocycles. The lowest BCUT2D eigenvalue weighted by atomic mass is 10.2. The standard InChI is InChI=1S/C14H23N3O2S/c1-12(11-17-9-5-6-10-17)16-13-7-3-4-8-14(13)20(18,19)15-2/h3-4,7-8,12,15-16H,5-6,9-11H2,1-2H3. The van der Waals surface area contributed by atoms with Gasteiger partial charge in [-0.05, 0) is 52.0 Å². The normalized spacial score (nSPS) is 18.1. The smallest absolute Gasteiger partial charge is 0.242 e. The number of sulfonamides is 1. The third kappa shape index (κ3) is 3.71. The number of rotatable bonds is 6. The van der Waals surface area contributed by atoms with Crippen LogP contribution >= 0.6 is 0 Å². The molecular weight excluding hydrogens is 274 g/mol. The molecule has 0 saturated carbocycles. The van der Waals surface area contributed by atoms with Crippen LogP contribution in [0.5, 0.6) is 0 Å². The van der Waals surface area contributed by atoms with Gasteiger partial charge in [0.2, 0.25) is 10.0 Å². The van der Waals surface area contributed by atoms with E-state index in [1.54, 1.807) is 12.1 Å². The summed E-state index contributed by atoms with van der Waals surface area (Å²) in [4.78, 5) is 2.71. The minimum Gasteiger partial charge on any atom is -0.380 e. The van der Waals surface area contributed by atoms with Crippen molar-refractivity contribution in [2.45, 2.75) is 30.7 Å². The van der Waals surface area contributed by atoms with E-state index < -0.39 is 10.0 Å². The number of anilines is 1. The molecule has 0 aromatic heterocycles. The molecule has 0 aliphatic carbocycles. The molecule has 0 bridgehead atoms. The molecule has 1 saturated heterocycles. The van der Waals surface area contributed by atoms with E-state index in [0.717, 1.165) is 19.6 Å². The highest BCUT2D eigenvalue weighted by Crippen LogP contribution is 2.21. The summed E-state index contributed by atoms with van der Waals surface area (Å²) in [5.41, 5.74) is 0.661. The lowest BCUT2D eigenvalue weighted by Gasteiger charge is -2.23. The first-order valence-electron chi connectivity index (χ1n) is 7.04. The monoisotopic (exact) mass is 297 g/mol. The van der Waals surface area contributed by atoms with Crippen molar-refractivity contribution in [2.75, 3.05) is 32.0 Å². The number of para-hydroxylation sites is 1. The second-order valence-corrected chi connectivity index (χ2v) is 7.11. The third-order valence-electron chi connectivity index (χ3n) is 3.58. The van der Waals surface area contributed by atoms with Gasteiger partial charge in [0.05, 0.1) is 5.69 Å². The maximum atomic E-state index is 12.0. The summed E-state index contributed by atoms with van der Waals surface area (Å²) in [5, 5.41) is 3.32. The van der Waals surface area contributed by atoms with Gasteiger partial charge in [0.15, 0.2) is 0 Å². The predicted molar refractivity (Wildman–Crippen MR) is 81.4 cm³/mol. The fourth-order valence-corrected chi connectivity index (χ4v) is 3.49. The Labute approximate surface area is 121 Å². The maximum Gasteiger partial charge on any atom is 0.242 e. The fraction of sp³-hybridized carbons (Fsp3) is 0.571. The van der Waals surface area contributed by atoms with Crippen molar-refractivity contribution in [1.82, 2.24) is 9.62 Å². The van der Waals surface area contributed by atoms with Crippen LogP contribution in [0.25, 0.3) is 0 Å². The van der Waals surface area contributed by atoms with Gasteiger partial charge in [-0.2, -0.15) is 0 Å². The number of hydrogen-bond acceptors (Lipinski definition) is 4. The van der Waals surface area contributed by atoms with Crippen molar-refractivity contribution in [3.8, 4) is 0 Å². The average molecular weight is 297 g/mol. The quantitative estimate of drug-likeness (QED) is 0.835. The van der Waals surface area contributed by atoms with Crippen LogP contribution in [0.15, 0.2) is 29.2 Å². The summed E-state index contributed by atoms with van der Waals surface area (Å²) in [6.07, 6.45) is 2.52. The Morgan fingerprint density at radius 1 is 1.25 bits per heavy atom. The van der Waals surface area contributed by atoms with Crippen molar-refractivity contribution in [1.29, 1.82) is 0 Å². The average Bonchev–Trinajstić information content (AvgIpc) is 2.92. The van der Waals surface area contributed by atoms with Crippen LogP contribution in [0.2, 0.25) is 0 Å². The van der Waals surface area contributed by atoms with E-state index in [9.17, 15) is 8.42 Å². The zero-order valence-electron chi connectivity index (χ0n) is 12.1. The molecule has 0 spiro atoms. The van der Waals surface area contributed by atoms with E-state index in [1.165, 1.54) is 19.9 Å². The van der Waals surface area contributed by atoms with Crippen molar-refractivity contribution < 1.29 is 8.42 Å². The largest absolute Gasteiger partial charge is 0.380 e. The van der Waals surface area contributed by atoms with Crippen molar-refractivity contribution >= 4 is 15.7 Å². The van der Waals surface area contributed by atoms with Gasteiger partial charge in [-0.25, -0.2) is 13.1 Å². The summed E-state index contributed by atoms with van der Waals surface area (Å²) in [5.74, 6) is 0. The first kappa shape index (κ1) is 15.3. The fourth-order valence-electron chi connectivity index (χ4n) is 2.59. The second kappa shape index (κ2) is 6.56. The highest BCUT2D eigenvalue weighted by molar-refractivity contribution is 7.89. The minimum absolute atomic E-state index is 0.210. The summed E-state index contributed by atoms with van der Waals surface area (Å²) in [7, 11) is -2.00. The highest BCUT2D eigenvalue weighted by atomic mass is 32.2. The molecule has 6 heteroatoms. The van der Waals surface area contributed by atoms with Crippen LogP contribution in [0.1, 0.15) is 19.8 Å². The van der Waals surface area contributed by atoms with Crippen molar-refractivity contribution in [3.05, 3.63) is 24.3 Å². The molecule has 2 rings (SSSR count). The van der Waals surface area contributed by atoms with Gasteiger partial charge in [-0.3, -0.25) is 0 Å². The van der Waals surface area contributed by atoms with Crippen LogP contribution in [-0.2, 0) is 10.0 Å². The van der Waals surface area contributed by atoms with Gasteiger partial charge in [0.1, 0.15) is 4.90 Å². The van der Waals surface area contributed by atoms with E-state index in [1.807, 2.05) is 12.1 Å². The van der Waals surface area contributed by atoms with Crippen LogP contribution in [0.4, 0.5) is 5.69 Å². The molecule has 0 amide bonds. The predicted octanol–water partition coefficient (Wildman–Crippen LogP) is 1.49. The van der Waals surface area contributed by atoms with Gasteiger partial charge in [-0.1, -0.05) is 12.1 Å². The molecular formula is C14H23N3O2S. The SMILES string of the molecule is CNS(=O)(=O)c1ccccc1NC(C)CN1CCCC1. The first-order chi connectivity index (χ1) is 9.53. The number of nitrogens with zero attached hydrogens (tertiary/aromatic N) is 1. The summed E-state index contributed by atoms with van der Waals surface area (Å²) in [6.45, 7) is 5.31. The zero-order valence-corrected chi connectivity index (χ0v) is 12.9. The molecule has 1 unspecified atom stereocenters. The molecule has 20 heavy (non-hydrogen) atoms. The Morgan fingerprint density at radius 2 is 1.90 bits per heavy atom. The molecule has 2 N–H and O–H groups in total. The van der Waals surface area contributed by atoms with Gasteiger partial charge in [0.25, 0.3) is 0 Å².